The molecular weight excluding hydrogens is 303 g/mol. The molecule has 0 amide bonds. The van der Waals surface area contributed by atoms with Gasteiger partial charge in [0.05, 0.1) is 11.2 Å². The quantitative estimate of drug-likeness (QED) is 0.322. The molecule has 142 valence electrons. The molecule has 5 heteroatoms. The van der Waals surface area contributed by atoms with Crippen LogP contribution in [0.15, 0.2) is 0 Å². The molecule has 0 aliphatic carbocycles. The summed E-state index contributed by atoms with van der Waals surface area (Å²) >= 11 is 0. The van der Waals surface area contributed by atoms with Gasteiger partial charge in [-0.3, -0.25) is 0 Å². The molecule has 1 fully saturated rings. The van der Waals surface area contributed by atoms with Gasteiger partial charge in [0.2, 0.25) is 0 Å². The highest BCUT2D eigenvalue weighted by molar-refractivity contribution is 6.45. The number of aldehydes is 1. The molecule has 0 radical (unpaired) electrons. The van der Waals surface area contributed by atoms with Crippen LogP contribution in [0.3, 0.4) is 0 Å². The van der Waals surface area contributed by atoms with E-state index in [0.717, 1.165) is 57.7 Å². The normalized spacial score (nSPS) is 19.5. The van der Waals surface area contributed by atoms with Gasteiger partial charge in [0.1, 0.15) is 6.29 Å². The number of unbranched alkanes of at least 4 members (excludes halogenated alkanes) is 2. The van der Waals surface area contributed by atoms with Gasteiger partial charge < -0.3 is 18.8 Å². The molecule has 1 saturated heterocycles. The van der Waals surface area contributed by atoms with Crippen molar-refractivity contribution in [1.82, 2.24) is 0 Å². The van der Waals surface area contributed by atoms with E-state index in [0.29, 0.717) is 0 Å². The van der Waals surface area contributed by atoms with Gasteiger partial charge in [0.15, 0.2) is 0 Å². The molecule has 1 aliphatic rings. The lowest BCUT2D eigenvalue weighted by molar-refractivity contribution is -0.111. The summed E-state index contributed by atoms with van der Waals surface area (Å²) in [6, 6.07) is 0. The molecular formula is C19H39BO4. The van der Waals surface area contributed by atoms with Crippen LogP contribution in [0.25, 0.3) is 0 Å². The Morgan fingerprint density at radius 2 is 1.50 bits per heavy atom. The third-order valence-corrected chi connectivity index (χ3v) is 4.98. The van der Waals surface area contributed by atoms with E-state index in [4.69, 9.17) is 9.31 Å². The first-order chi connectivity index (χ1) is 11.2. The summed E-state index contributed by atoms with van der Waals surface area (Å²) in [7, 11) is 1.59. The maximum atomic E-state index is 11.0. The van der Waals surface area contributed by atoms with Gasteiger partial charge in [-0.25, -0.2) is 0 Å². The number of methoxy groups -OCH3 is 1. The second-order valence-corrected chi connectivity index (χ2v) is 7.59. The number of carbonyl (C=O) groups is 1. The monoisotopic (exact) mass is 342 g/mol. The standard InChI is InChI=1S/C16H31BO3.C3H8O/c1-6-7-10-14(13-18)11-8-9-12-17-19-15(2,3)16(4,5)20-17;1-3-4-2/h13-14H,6-12H2,1-5H3;3H2,1-2H3. The Kier molecular flexibility index (Phi) is 11.9. The van der Waals surface area contributed by atoms with Crippen LogP contribution < -0.4 is 0 Å². The fourth-order valence-electron chi connectivity index (χ4n) is 2.55. The summed E-state index contributed by atoms with van der Waals surface area (Å²) in [5.74, 6) is 0.244. The Balaban J connectivity index is 0.00000118. The van der Waals surface area contributed by atoms with Gasteiger partial charge in [-0.15, -0.1) is 0 Å². The first-order valence-corrected chi connectivity index (χ1v) is 9.53. The third kappa shape index (κ3) is 8.64. The fourth-order valence-corrected chi connectivity index (χ4v) is 2.55. The number of hydrogen-bond donors (Lipinski definition) is 0. The van der Waals surface area contributed by atoms with Crippen LogP contribution in [0.5, 0.6) is 0 Å². The molecule has 0 spiro atoms. The Bertz CT molecular complexity index is 313. The van der Waals surface area contributed by atoms with Gasteiger partial charge in [-0.05, 0) is 53.8 Å². The molecule has 0 aromatic carbocycles. The molecule has 0 aromatic rings. The van der Waals surface area contributed by atoms with E-state index >= 15 is 0 Å². The summed E-state index contributed by atoms with van der Waals surface area (Å²) in [6.45, 7) is 13.3. The van der Waals surface area contributed by atoms with Crippen LogP contribution in [0.4, 0.5) is 0 Å². The zero-order valence-electron chi connectivity index (χ0n) is 17.0. The first-order valence-electron chi connectivity index (χ1n) is 9.53. The summed E-state index contributed by atoms with van der Waals surface area (Å²) in [5, 5.41) is 0. The molecule has 1 aliphatic heterocycles. The average Bonchev–Trinajstić information content (AvgIpc) is 2.74. The second kappa shape index (κ2) is 12.0. The second-order valence-electron chi connectivity index (χ2n) is 7.59. The van der Waals surface area contributed by atoms with Gasteiger partial charge in [-0.2, -0.15) is 0 Å². The molecule has 1 rings (SSSR count). The van der Waals surface area contributed by atoms with Crippen LogP contribution >= 0.6 is 0 Å². The van der Waals surface area contributed by atoms with Crippen molar-refractivity contribution in [3.05, 3.63) is 0 Å². The Hall–Kier alpha value is -0.385. The van der Waals surface area contributed by atoms with Crippen molar-refractivity contribution in [2.45, 2.75) is 97.6 Å². The van der Waals surface area contributed by atoms with Crippen molar-refractivity contribution in [3.8, 4) is 0 Å². The van der Waals surface area contributed by atoms with E-state index in [1.165, 1.54) is 0 Å². The van der Waals surface area contributed by atoms with Gasteiger partial charge in [0.25, 0.3) is 0 Å². The number of carbonyl (C=O) groups excluding carboxylic acids is 1. The molecule has 0 saturated carbocycles. The maximum absolute atomic E-state index is 11.0. The highest BCUT2D eigenvalue weighted by Crippen LogP contribution is 2.38. The van der Waals surface area contributed by atoms with Crippen LogP contribution in [-0.4, -0.2) is 38.3 Å². The molecule has 4 nitrogen and oxygen atoms in total. The minimum atomic E-state index is -0.232. The topological polar surface area (TPSA) is 44.8 Å². The van der Waals surface area contributed by atoms with E-state index in [-0.39, 0.29) is 24.2 Å². The first kappa shape index (κ1) is 23.6. The van der Waals surface area contributed by atoms with Crippen molar-refractivity contribution in [2.24, 2.45) is 5.92 Å². The van der Waals surface area contributed by atoms with E-state index in [9.17, 15) is 4.79 Å². The Morgan fingerprint density at radius 1 is 1.00 bits per heavy atom. The van der Waals surface area contributed by atoms with Crippen molar-refractivity contribution >= 4 is 13.4 Å². The van der Waals surface area contributed by atoms with E-state index in [1.54, 1.807) is 7.11 Å². The minimum absolute atomic E-state index is 0.0923. The molecule has 0 aromatic heterocycles. The summed E-state index contributed by atoms with van der Waals surface area (Å²) in [4.78, 5) is 11.0. The van der Waals surface area contributed by atoms with Crippen LogP contribution in [0, 0.1) is 5.92 Å². The van der Waals surface area contributed by atoms with Gasteiger partial charge in [-0.1, -0.05) is 32.6 Å². The van der Waals surface area contributed by atoms with Crippen LogP contribution in [-0.2, 0) is 18.8 Å². The maximum Gasteiger partial charge on any atom is 0.457 e. The SMILES string of the molecule is CCCCC(C=O)CCCCB1OC(C)(C)C(C)(C)O1.CCOC. The Morgan fingerprint density at radius 3 is 1.92 bits per heavy atom. The number of ether oxygens (including phenoxy) is 1. The van der Waals surface area contributed by atoms with E-state index in [2.05, 4.69) is 39.4 Å². The largest absolute Gasteiger partial charge is 0.457 e. The van der Waals surface area contributed by atoms with Crippen LogP contribution in [0.1, 0.15) is 80.1 Å². The van der Waals surface area contributed by atoms with Crippen LogP contribution in [0.2, 0.25) is 6.32 Å². The Labute approximate surface area is 150 Å². The molecule has 0 bridgehead atoms. The van der Waals surface area contributed by atoms with E-state index < -0.39 is 0 Å². The highest BCUT2D eigenvalue weighted by atomic mass is 16.7. The lowest BCUT2D eigenvalue weighted by Gasteiger charge is -2.32. The lowest BCUT2D eigenvalue weighted by atomic mass is 9.81. The van der Waals surface area contributed by atoms with Crippen molar-refractivity contribution in [3.63, 3.8) is 0 Å². The zero-order valence-corrected chi connectivity index (χ0v) is 17.0. The molecule has 0 N–H and O–H groups in total. The van der Waals surface area contributed by atoms with Gasteiger partial charge in [0, 0.05) is 19.6 Å². The smallest absolute Gasteiger partial charge is 0.403 e. The molecule has 1 atom stereocenters. The zero-order chi connectivity index (χ0) is 18.6. The summed E-state index contributed by atoms with van der Waals surface area (Å²) < 4.78 is 16.5. The average molecular weight is 342 g/mol. The predicted octanol–water partition coefficient (Wildman–Crippen LogP) is 4.91. The number of rotatable bonds is 10. The van der Waals surface area contributed by atoms with Crippen molar-refractivity contribution in [1.29, 1.82) is 0 Å². The minimum Gasteiger partial charge on any atom is -0.403 e. The third-order valence-electron chi connectivity index (χ3n) is 4.98. The predicted molar refractivity (Wildman–Crippen MR) is 101 cm³/mol. The molecule has 24 heavy (non-hydrogen) atoms. The van der Waals surface area contributed by atoms with Crippen molar-refractivity contribution in [2.75, 3.05) is 13.7 Å². The summed E-state index contributed by atoms with van der Waals surface area (Å²) in [5.41, 5.74) is -0.464. The van der Waals surface area contributed by atoms with Crippen molar-refractivity contribution < 1.29 is 18.8 Å². The number of hydrogen-bond acceptors (Lipinski definition) is 4. The van der Waals surface area contributed by atoms with Gasteiger partial charge >= 0.3 is 7.12 Å². The summed E-state index contributed by atoms with van der Waals surface area (Å²) in [6.07, 6.45) is 8.56. The molecule has 1 heterocycles. The highest BCUT2D eigenvalue weighted by Gasteiger charge is 2.50. The van der Waals surface area contributed by atoms with E-state index in [1.807, 2.05) is 6.92 Å². The fraction of sp³-hybridized carbons (Fsp3) is 0.947. The molecule has 1 unspecified atom stereocenters. The lowest BCUT2D eigenvalue weighted by Crippen LogP contribution is -2.41.